The minimum atomic E-state index is -0.353. The Kier molecular flexibility index (Phi) is 11.4. The summed E-state index contributed by atoms with van der Waals surface area (Å²) in [5, 5.41) is 7.31. The van der Waals surface area contributed by atoms with Crippen LogP contribution in [0, 0.1) is 5.92 Å². The molecule has 5 aliphatic carbocycles. The number of rotatable bonds is 9. The van der Waals surface area contributed by atoms with Gasteiger partial charge in [-0.3, -0.25) is 10.1 Å². The molecule has 0 aromatic rings. The van der Waals surface area contributed by atoms with Gasteiger partial charge in [0.2, 0.25) is 5.91 Å². The molecule has 0 aromatic heterocycles. The fraction of sp³-hybridized carbons (Fsp3) is 0.970. The van der Waals surface area contributed by atoms with Gasteiger partial charge in [-0.15, -0.1) is 0 Å². The monoisotopic (exact) mass is 532 g/mol. The van der Waals surface area contributed by atoms with Gasteiger partial charge >= 0.3 is 0 Å². The summed E-state index contributed by atoms with van der Waals surface area (Å²) < 4.78 is 12.9. The van der Waals surface area contributed by atoms with Crippen molar-refractivity contribution in [1.82, 2.24) is 10.6 Å². The number of ether oxygens (including phenoxy) is 2. The van der Waals surface area contributed by atoms with Crippen LogP contribution in [0.15, 0.2) is 0 Å². The second kappa shape index (κ2) is 14.3. The lowest BCUT2D eigenvalue weighted by atomic mass is 9.70. The van der Waals surface area contributed by atoms with E-state index in [0.29, 0.717) is 5.92 Å². The van der Waals surface area contributed by atoms with Crippen LogP contribution >= 0.6 is 0 Å². The van der Waals surface area contributed by atoms with E-state index in [2.05, 4.69) is 31.4 Å². The zero-order valence-corrected chi connectivity index (χ0v) is 25.2. The van der Waals surface area contributed by atoms with Crippen LogP contribution in [0.25, 0.3) is 0 Å². The molecule has 2 N–H and O–H groups in total. The van der Waals surface area contributed by atoms with Crippen LogP contribution in [0.3, 0.4) is 0 Å². The van der Waals surface area contributed by atoms with Crippen LogP contribution in [0.4, 0.5) is 0 Å². The van der Waals surface area contributed by atoms with E-state index in [1.165, 1.54) is 103 Å². The molecule has 2 bridgehead atoms. The Morgan fingerprint density at radius 2 is 1.24 bits per heavy atom. The summed E-state index contributed by atoms with van der Waals surface area (Å²) in [5.74, 6) is 0.749. The molecule has 220 valence electrons. The second-order valence-electron chi connectivity index (χ2n) is 14.2. The molecule has 0 spiro atoms. The summed E-state index contributed by atoms with van der Waals surface area (Å²) in [6.07, 6.45) is 28.5. The Balaban J connectivity index is 1.19. The third-order valence-corrected chi connectivity index (χ3v) is 10.2. The van der Waals surface area contributed by atoms with Gasteiger partial charge in [-0.25, -0.2) is 0 Å². The largest absolute Gasteiger partial charge is 0.368 e. The summed E-state index contributed by atoms with van der Waals surface area (Å²) in [6, 6.07) is 0. The van der Waals surface area contributed by atoms with Crippen molar-refractivity contribution >= 4 is 5.91 Å². The van der Waals surface area contributed by atoms with E-state index in [1.807, 2.05) is 0 Å². The predicted octanol–water partition coefficient (Wildman–Crippen LogP) is 7.95. The van der Waals surface area contributed by atoms with Crippen molar-refractivity contribution in [3.05, 3.63) is 0 Å². The average molecular weight is 533 g/mol. The second-order valence-corrected chi connectivity index (χ2v) is 14.2. The standard InChI is InChI=1S/C33H60N2O3/c1-27(28-18-14-10-6-4-7-11-15-19-28)38-31(2,3)35-33-23-22-32(25-33,26-33)34-30(36)24-37-29-20-16-12-8-5-9-13-17-21-29/h27-29,35H,4-26H2,1-3H3,(H,34,36). The van der Waals surface area contributed by atoms with Gasteiger partial charge in [0.25, 0.3) is 0 Å². The maximum Gasteiger partial charge on any atom is 0.246 e. The highest BCUT2D eigenvalue weighted by molar-refractivity contribution is 5.78. The summed E-state index contributed by atoms with van der Waals surface area (Å²) in [6.45, 7) is 6.95. The maximum absolute atomic E-state index is 12.9. The molecule has 0 aliphatic heterocycles. The molecule has 0 saturated heterocycles. The Morgan fingerprint density at radius 1 is 0.763 bits per heavy atom. The van der Waals surface area contributed by atoms with Crippen molar-refractivity contribution in [2.24, 2.45) is 5.92 Å². The molecule has 1 amide bonds. The van der Waals surface area contributed by atoms with Crippen molar-refractivity contribution in [2.75, 3.05) is 6.61 Å². The fourth-order valence-electron chi connectivity index (χ4n) is 8.38. The topological polar surface area (TPSA) is 59.6 Å². The molecule has 1 atom stereocenters. The van der Waals surface area contributed by atoms with Crippen LogP contribution < -0.4 is 10.6 Å². The fourth-order valence-corrected chi connectivity index (χ4v) is 8.38. The summed E-state index contributed by atoms with van der Waals surface area (Å²) in [5.41, 5.74) is -0.292. The number of hydrogen-bond donors (Lipinski definition) is 2. The molecule has 5 saturated carbocycles. The van der Waals surface area contributed by atoms with Crippen molar-refractivity contribution in [1.29, 1.82) is 0 Å². The van der Waals surface area contributed by atoms with Gasteiger partial charge < -0.3 is 14.8 Å². The first-order valence-corrected chi connectivity index (χ1v) is 16.7. The number of amides is 1. The van der Waals surface area contributed by atoms with Gasteiger partial charge in [0.1, 0.15) is 12.3 Å². The van der Waals surface area contributed by atoms with E-state index in [-0.39, 0.29) is 41.5 Å². The first kappa shape index (κ1) is 30.3. The van der Waals surface area contributed by atoms with Crippen LogP contribution in [-0.2, 0) is 14.3 Å². The Labute approximate surface area is 234 Å². The zero-order chi connectivity index (χ0) is 26.9. The molecule has 5 aliphatic rings. The molecule has 0 heterocycles. The number of carbonyl (C=O) groups is 1. The Morgan fingerprint density at radius 3 is 1.79 bits per heavy atom. The molecule has 5 fully saturated rings. The zero-order valence-electron chi connectivity index (χ0n) is 25.2. The molecular formula is C33H60N2O3. The molecule has 5 heteroatoms. The van der Waals surface area contributed by atoms with Crippen molar-refractivity contribution in [2.45, 2.75) is 191 Å². The summed E-state index contributed by atoms with van der Waals surface area (Å²) in [4.78, 5) is 12.9. The smallest absolute Gasteiger partial charge is 0.246 e. The third-order valence-electron chi connectivity index (χ3n) is 10.2. The molecule has 0 aromatic carbocycles. The van der Waals surface area contributed by atoms with E-state index >= 15 is 0 Å². The van der Waals surface area contributed by atoms with Crippen LogP contribution in [0.2, 0.25) is 0 Å². The average Bonchev–Trinajstić information content (AvgIpc) is 3.38. The van der Waals surface area contributed by atoms with Crippen molar-refractivity contribution < 1.29 is 14.3 Å². The Bertz CT molecular complexity index is 697. The summed E-state index contributed by atoms with van der Waals surface area (Å²) in [7, 11) is 0. The van der Waals surface area contributed by atoms with Crippen LogP contribution in [0.1, 0.15) is 162 Å². The SMILES string of the molecule is CC(OC(C)(C)NC12CCC(NC(=O)COC3CCCCCCCCC3)(C1)C2)C1CCCCCCCCC1. The number of carbonyl (C=O) groups excluding carboxylic acids is 1. The van der Waals surface area contributed by atoms with Crippen LogP contribution in [-0.4, -0.2) is 41.5 Å². The minimum Gasteiger partial charge on any atom is -0.368 e. The summed E-state index contributed by atoms with van der Waals surface area (Å²) >= 11 is 0. The number of fused-ring (bicyclic) bond motifs is 1. The van der Waals surface area contributed by atoms with E-state index in [0.717, 1.165) is 38.5 Å². The molecule has 5 rings (SSSR count). The number of nitrogens with one attached hydrogen (secondary N) is 2. The van der Waals surface area contributed by atoms with E-state index in [9.17, 15) is 4.79 Å². The van der Waals surface area contributed by atoms with Gasteiger partial charge in [-0.1, -0.05) is 89.9 Å². The van der Waals surface area contributed by atoms with Gasteiger partial charge in [0, 0.05) is 11.1 Å². The first-order chi connectivity index (χ1) is 18.3. The maximum atomic E-state index is 12.9. The first-order valence-electron chi connectivity index (χ1n) is 16.7. The van der Waals surface area contributed by atoms with E-state index < -0.39 is 0 Å². The van der Waals surface area contributed by atoms with Crippen LogP contribution in [0.5, 0.6) is 0 Å². The van der Waals surface area contributed by atoms with Crippen molar-refractivity contribution in [3.8, 4) is 0 Å². The van der Waals surface area contributed by atoms with E-state index in [4.69, 9.17) is 9.47 Å². The highest BCUT2D eigenvalue weighted by atomic mass is 16.5. The lowest BCUT2D eigenvalue weighted by molar-refractivity contribution is -0.136. The highest BCUT2D eigenvalue weighted by Gasteiger charge is 2.62. The molecule has 0 radical (unpaired) electrons. The molecule has 38 heavy (non-hydrogen) atoms. The van der Waals surface area contributed by atoms with E-state index in [1.54, 1.807) is 0 Å². The minimum absolute atomic E-state index is 0.0399. The predicted molar refractivity (Wildman–Crippen MR) is 156 cm³/mol. The normalized spacial score (nSPS) is 31.8. The lowest BCUT2D eigenvalue weighted by Gasteiger charge is -2.51. The molecule has 1 unspecified atom stereocenters. The van der Waals surface area contributed by atoms with Gasteiger partial charge in [-0.05, 0) is 78.1 Å². The van der Waals surface area contributed by atoms with Gasteiger partial charge in [0.05, 0.1) is 12.2 Å². The highest BCUT2D eigenvalue weighted by Crippen LogP contribution is 2.55. The Hall–Kier alpha value is -0.650. The lowest BCUT2D eigenvalue weighted by Crippen LogP contribution is -2.68. The number of hydrogen-bond acceptors (Lipinski definition) is 4. The van der Waals surface area contributed by atoms with Gasteiger partial charge in [-0.2, -0.15) is 0 Å². The molecule has 5 nitrogen and oxygen atoms in total. The third kappa shape index (κ3) is 9.20. The molecular weight excluding hydrogens is 472 g/mol. The van der Waals surface area contributed by atoms with Crippen molar-refractivity contribution in [3.63, 3.8) is 0 Å². The quantitative estimate of drug-likeness (QED) is 0.296. The van der Waals surface area contributed by atoms with Gasteiger partial charge in [0.15, 0.2) is 0 Å².